The van der Waals surface area contributed by atoms with E-state index in [1.807, 2.05) is 19.1 Å². The summed E-state index contributed by atoms with van der Waals surface area (Å²) in [4.78, 5) is 13.7. The molecule has 1 aromatic carbocycles. The Bertz CT molecular complexity index is 567. The molecule has 1 amide bonds. The lowest BCUT2D eigenvalue weighted by atomic mass is 10.3. The average molecular weight is 331 g/mol. The quantitative estimate of drug-likeness (QED) is 0.847. The number of nitrogens with one attached hydrogen (secondary N) is 1. The van der Waals surface area contributed by atoms with Gasteiger partial charge in [0.15, 0.2) is 0 Å². The first-order valence-corrected chi connectivity index (χ1v) is 6.88. The number of anilines is 1. The zero-order valence-electron chi connectivity index (χ0n) is 8.96. The highest BCUT2D eigenvalue weighted by molar-refractivity contribution is 9.10. The third-order valence-electron chi connectivity index (χ3n) is 2.14. The summed E-state index contributed by atoms with van der Waals surface area (Å²) in [6.45, 7) is 1.97. The third kappa shape index (κ3) is 3.09. The molecular weight excluding hydrogens is 322 g/mol. The number of rotatable bonds is 2. The summed E-state index contributed by atoms with van der Waals surface area (Å²) < 4.78 is 0.809. The fraction of sp³-hybridized carbons (Fsp3) is 0.0833. The molecule has 0 aliphatic carbocycles. The van der Waals surface area contributed by atoms with Crippen molar-refractivity contribution in [2.24, 2.45) is 0 Å². The summed E-state index contributed by atoms with van der Waals surface area (Å²) in [6.07, 6.45) is 0. The predicted molar refractivity (Wildman–Crippen MR) is 76.2 cm³/mol. The maximum atomic E-state index is 11.9. The normalized spacial score (nSPS) is 10.3. The van der Waals surface area contributed by atoms with Gasteiger partial charge >= 0.3 is 0 Å². The van der Waals surface area contributed by atoms with Crippen LogP contribution in [0.3, 0.4) is 0 Å². The van der Waals surface area contributed by atoms with Crippen LogP contribution in [0.15, 0.2) is 34.8 Å². The van der Waals surface area contributed by atoms with Crippen molar-refractivity contribution in [1.29, 1.82) is 0 Å². The van der Waals surface area contributed by atoms with Crippen LogP contribution < -0.4 is 5.32 Å². The largest absolute Gasteiger partial charge is 0.320 e. The molecule has 2 aromatic rings. The Morgan fingerprint density at radius 3 is 2.76 bits per heavy atom. The van der Waals surface area contributed by atoms with Crippen LogP contribution >= 0.6 is 38.9 Å². The Morgan fingerprint density at radius 2 is 2.12 bits per heavy atom. The molecule has 2 nitrogen and oxygen atoms in total. The topological polar surface area (TPSA) is 29.1 Å². The van der Waals surface area contributed by atoms with E-state index in [1.165, 1.54) is 11.3 Å². The summed E-state index contributed by atoms with van der Waals surface area (Å²) in [7, 11) is 0. The second kappa shape index (κ2) is 5.21. The third-order valence-corrected chi connectivity index (χ3v) is 4.07. The molecule has 88 valence electrons. The molecular formula is C12H9BrClNOS. The molecule has 2 rings (SSSR count). The number of hydrogen-bond donors (Lipinski definition) is 1. The lowest BCUT2D eigenvalue weighted by Gasteiger charge is -2.06. The van der Waals surface area contributed by atoms with Crippen LogP contribution in [0.4, 0.5) is 5.69 Å². The van der Waals surface area contributed by atoms with Crippen molar-refractivity contribution < 1.29 is 4.79 Å². The van der Waals surface area contributed by atoms with Gasteiger partial charge in [-0.25, -0.2) is 0 Å². The van der Waals surface area contributed by atoms with Crippen molar-refractivity contribution in [2.45, 2.75) is 6.92 Å². The molecule has 17 heavy (non-hydrogen) atoms. The van der Waals surface area contributed by atoms with Gasteiger partial charge in [0.25, 0.3) is 5.91 Å². The maximum absolute atomic E-state index is 11.9. The van der Waals surface area contributed by atoms with Gasteiger partial charge in [0.1, 0.15) is 0 Å². The molecule has 0 saturated carbocycles. The molecule has 5 heteroatoms. The lowest BCUT2D eigenvalue weighted by Crippen LogP contribution is -2.10. The van der Waals surface area contributed by atoms with E-state index < -0.39 is 0 Å². The molecule has 0 radical (unpaired) electrons. The van der Waals surface area contributed by atoms with Gasteiger partial charge in [-0.05, 0) is 53.2 Å². The number of hydrogen-bond acceptors (Lipinski definition) is 2. The fourth-order valence-electron chi connectivity index (χ4n) is 1.33. The molecule has 0 aliphatic rings. The van der Waals surface area contributed by atoms with Crippen LogP contribution in [0, 0.1) is 6.92 Å². The second-order valence-electron chi connectivity index (χ2n) is 3.49. The molecule has 0 fully saturated rings. The Kier molecular flexibility index (Phi) is 3.86. The molecule has 0 aliphatic heterocycles. The first-order chi connectivity index (χ1) is 8.06. The van der Waals surface area contributed by atoms with Gasteiger partial charge in [-0.15, -0.1) is 11.3 Å². The Hall–Kier alpha value is -0.840. The van der Waals surface area contributed by atoms with Crippen molar-refractivity contribution in [3.63, 3.8) is 0 Å². The summed E-state index contributed by atoms with van der Waals surface area (Å²) in [5, 5.41) is 3.41. The highest BCUT2D eigenvalue weighted by Gasteiger charge is 2.10. The second-order valence-corrected chi connectivity index (χ2v) is 6.07. The van der Waals surface area contributed by atoms with E-state index in [2.05, 4.69) is 21.2 Å². The number of benzene rings is 1. The van der Waals surface area contributed by atoms with E-state index in [1.54, 1.807) is 18.2 Å². The van der Waals surface area contributed by atoms with Crippen molar-refractivity contribution in [2.75, 3.05) is 5.32 Å². The number of halogens is 2. The van der Waals surface area contributed by atoms with Gasteiger partial charge in [0, 0.05) is 14.4 Å². The molecule has 1 aromatic heterocycles. The zero-order chi connectivity index (χ0) is 12.4. The Balaban J connectivity index is 2.21. The van der Waals surface area contributed by atoms with E-state index in [0.29, 0.717) is 15.6 Å². The van der Waals surface area contributed by atoms with Crippen LogP contribution in [-0.2, 0) is 0 Å². The summed E-state index contributed by atoms with van der Waals surface area (Å²) in [6, 6.07) is 9.01. The minimum atomic E-state index is -0.119. The van der Waals surface area contributed by atoms with Gasteiger partial charge in [-0.3, -0.25) is 4.79 Å². The van der Waals surface area contributed by atoms with Gasteiger partial charge in [-0.1, -0.05) is 11.6 Å². The number of thiophene rings is 1. The standard InChI is InChI=1S/C12H9BrClNOS/c1-7-2-5-11(17-7)12(16)15-10-6-8(14)3-4-9(10)13/h2-6H,1H3,(H,15,16). The van der Waals surface area contributed by atoms with Gasteiger partial charge in [0.2, 0.25) is 0 Å². The first-order valence-electron chi connectivity index (χ1n) is 4.89. The van der Waals surface area contributed by atoms with Gasteiger partial charge < -0.3 is 5.32 Å². The van der Waals surface area contributed by atoms with Gasteiger partial charge in [-0.2, -0.15) is 0 Å². The van der Waals surface area contributed by atoms with Crippen LogP contribution in [0.5, 0.6) is 0 Å². The molecule has 1 heterocycles. The molecule has 0 atom stereocenters. The smallest absolute Gasteiger partial charge is 0.265 e. The van der Waals surface area contributed by atoms with E-state index in [4.69, 9.17) is 11.6 Å². The fourth-order valence-corrected chi connectivity index (χ4v) is 2.61. The number of aryl methyl sites for hydroxylation is 1. The van der Waals surface area contributed by atoms with E-state index >= 15 is 0 Å². The van der Waals surface area contributed by atoms with Crippen molar-refractivity contribution in [3.8, 4) is 0 Å². The summed E-state index contributed by atoms with van der Waals surface area (Å²) in [5.41, 5.74) is 0.675. The van der Waals surface area contributed by atoms with E-state index in [-0.39, 0.29) is 5.91 Å². The summed E-state index contributed by atoms with van der Waals surface area (Å²) in [5.74, 6) is -0.119. The van der Waals surface area contributed by atoms with Crippen LogP contribution in [-0.4, -0.2) is 5.91 Å². The number of carbonyl (C=O) groups excluding carboxylic acids is 1. The number of amides is 1. The Labute approximate surface area is 117 Å². The van der Waals surface area contributed by atoms with E-state index in [9.17, 15) is 4.79 Å². The van der Waals surface area contributed by atoms with Crippen molar-refractivity contribution in [1.82, 2.24) is 0 Å². The zero-order valence-corrected chi connectivity index (χ0v) is 12.1. The highest BCUT2D eigenvalue weighted by atomic mass is 79.9. The number of carbonyl (C=O) groups is 1. The van der Waals surface area contributed by atoms with Crippen LogP contribution in [0.2, 0.25) is 5.02 Å². The summed E-state index contributed by atoms with van der Waals surface area (Å²) >= 11 is 10.7. The van der Waals surface area contributed by atoms with Gasteiger partial charge in [0.05, 0.1) is 10.6 Å². The van der Waals surface area contributed by atoms with Crippen molar-refractivity contribution >= 4 is 50.5 Å². The first kappa shape index (κ1) is 12.6. The molecule has 0 saturated heterocycles. The predicted octanol–water partition coefficient (Wildman–Crippen LogP) is 4.72. The van der Waals surface area contributed by atoms with Crippen LogP contribution in [0.1, 0.15) is 14.5 Å². The minimum Gasteiger partial charge on any atom is -0.320 e. The average Bonchev–Trinajstić information content (AvgIpc) is 2.70. The monoisotopic (exact) mass is 329 g/mol. The van der Waals surface area contributed by atoms with Crippen LogP contribution in [0.25, 0.3) is 0 Å². The highest BCUT2D eigenvalue weighted by Crippen LogP contribution is 2.27. The molecule has 0 bridgehead atoms. The Morgan fingerprint density at radius 1 is 1.35 bits per heavy atom. The lowest BCUT2D eigenvalue weighted by molar-refractivity contribution is 0.103. The molecule has 0 unspecified atom stereocenters. The maximum Gasteiger partial charge on any atom is 0.265 e. The molecule has 0 spiro atoms. The minimum absolute atomic E-state index is 0.119. The molecule has 1 N–H and O–H groups in total. The SMILES string of the molecule is Cc1ccc(C(=O)Nc2cc(Cl)ccc2Br)s1. The van der Waals surface area contributed by atoms with Crippen molar-refractivity contribution in [3.05, 3.63) is 49.6 Å². The van der Waals surface area contributed by atoms with E-state index in [0.717, 1.165) is 9.35 Å².